The molecule has 3 unspecified atom stereocenters. The molecule has 38 heavy (non-hydrogen) atoms. The Hall–Kier alpha value is -3.80. The van der Waals surface area contributed by atoms with Gasteiger partial charge in [0.1, 0.15) is 28.9 Å². The van der Waals surface area contributed by atoms with Gasteiger partial charge in [-0.25, -0.2) is 9.78 Å². The lowest BCUT2D eigenvalue weighted by atomic mass is 10.00. The van der Waals surface area contributed by atoms with E-state index in [1.807, 2.05) is 25.2 Å². The molecule has 1 saturated heterocycles. The molecule has 11 nitrogen and oxygen atoms in total. The number of rotatable bonds is 6. The fourth-order valence-electron chi connectivity index (χ4n) is 5.14. The molecule has 2 amide bonds. The number of amides is 2. The van der Waals surface area contributed by atoms with Gasteiger partial charge in [-0.15, -0.1) is 0 Å². The maximum Gasteiger partial charge on any atom is 0.411 e. The van der Waals surface area contributed by atoms with Gasteiger partial charge in [0.25, 0.3) is 0 Å². The van der Waals surface area contributed by atoms with Gasteiger partial charge in [0, 0.05) is 31.1 Å². The third kappa shape index (κ3) is 5.69. The van der Waals surface area contributed by atoms with Crippen LogP contribution in [0.4, 0.5) is 16.3 Å². The molecule has 5 rings (SSSR count). The number of Topliss-reactive ketones (excluding diaryl/α,β-unsaturated/α-hetero) is 1. The second-order valence-corrected chi connectivity index (χ2v) is 9.97. The third-order valence-electron chi connectivity index (χ3n) is 6.84. The summed E-state index contributed by atoms with van der Waals surface area (Å²) in [6, 6.07) is 10.4. The van der Waals surface area contributed by atoms with E-state index in [2.05, 4.69) is 41.4 Å². The molecule has 1 aliphatic carbocycles. The zero-order valence-electron chi connectivity index (χ0n) is 21.3. The van der Waals surface area contributed by atoms with Crippen LogP contribution in [0.25, 0.3) is 10.9 Å². The van der Waals surface area contributed by atoms with Crippen molar-refractivity contribution in [2.45, 2.75) is 44.8 Å². The van der Waals surface area contributed by atoms with Crippen LogP contribution in [-0.4, -0.2) is 70.0 Å². The lowest BCUT2D eigenvalue weighted by Gasteiger charge is -2.32. The number of aromatic nitrogens is 3. The topological polar surface area (TPSA) is 136 Å². The zero-order chi connectivity index (χ0) is 27.4. The number of ether oxygens (including phenoxy) is 1. The molecule has 1 aromatic carbocycles. The predicted molar refractivity (Wildman–Crippen MR) is 145 cm³/mol. The molecule has 3 atom stereocenters. The van der Waals surface area contributed by atoms with E-state index < -0.39 is 6.09 Å². The molecule has 2 aromatic heterocycles. The minimum atomic E-state index is -0.625. The number of carbonyl (C=O) groups excluding carboxylic acids is 4. The minimum absolute atomic E-state index is 0.0544. The van der Waals surface area contributed by atoms with Crippen LogP contribution in [0, 0.1) is 5.92 Å². The Balaban J connectivity index is 0.000000317. The monoisotopic (exact) mass is 584 g/mol. The number of halogens is 1. The number of piperidine rings is 1. The number of hydrogen-bond donors (Lipinski definition) is 2. The van der Waals surface area contributed by atoms with Gasteiger partial charge >= 0.3 is 6.09 Å². The van der Waals surface area contributed by atoms with Crippen molar-refractivity contribution in [2.24, 2.45) is 5.92 Å². The third-order valence-corrected chi connectivity index (χ3v) is 7.28. The molecule has 12 heteroatoms. The maximum absolute atomic E-state index is 13.0. The number of anilines is 2. The van der Waals surface area contributed by atoms with Crippen LogP contribution in [0.3, 0.4) is 0 Å². The molecule has 200 valence electrons. The number of ketones is 1. The molecule has 3 aromatic rings. The van der Waals surface area contributed by atoms with Gasteiger partial charge < -0.3 is 19.7 Å². The zero-order valence-corrected chi connectivity index (χ0v) is 22.9. The molecule has 0 spiro atoms. The molecule has 2 aliphatic rings. The van der Waals surface area contributed by atoms with Crippen LogP contribution >= 0.6 is 15.9 Å². The number of methoxy groups -OCH3 is 1. The highest BCUT2D eigenvalue weighted by Crippen LogP contribution is 2.41. The van der Waals surface area contributed by atoms with Gasteiger partial charge in [-0.3, -0.25) is 19.6 Å². The summed E-state index contributed by atoms with van der Waals surface area (Å²) in [6.45, 7) is 1.34. The predicted octanol–water partition coefficient (Wildman–Crippen LogP) is 3.88. The summed E-state index contributed by atoms with van der Waals surface area (Å²) < 4.78 is 6.93. The minimum Gasteiger partial charge on any atom is -0.453 e. The molecule has 1 aliphatic heterocycles. The first-order chi connectivity index (χ1) is 18.2. The Morgan fingerprint density at radius 1 is 1.21 bits per heavy atom. The summed E-state index contributed by atoms with van der Waals surface area (Å²) in [5.74, 6) is 0.702. The van der Waals surface area contributed by atoms with Gasteiger partial charge in [0.2, 0.25) is 5.91 Å². The number of nitrogens with zero attached hydrogens (tertiary/aromatic N) is 4. The average molecular weight is 585 g/mol. The van der Waals surface area contributed by atoms with E-state index in [4.69, 9.17) is 0 Å². The van der Waals surface area contributed by atoms with E-state index in [1.165, 1.54) is 18.7 Å². The number of benzene rings is 1. The van der Waals surface area contributed by atoms with Crippen molar-refractivity contribution in [3.63, 3.8) is 0 Å². The maximum atomic E-state index is 13.0. The van der Waals surface area contributed by atoms with E-state index in [0.29, 0.717) is 16.6 Å². The Labute approximate surface area is 228 Å². The second-order valence-electron chi connectivity index (χ2n) is 9.16. The van der Waals surface area contributed by atoms with Gasteiger partial charge in [-0.2, -0.15) is 5.10 Å². The lowest BCUT2D eigenvalue weighted by molar-refractivity contribution is -0.139. The fraction of sp³-hybridized carbons (Fsp3) is 0.385. The summed E-state index contributed by atoms with van der Waals surface area (Å²) in [6.07, 6.45) is 3.01. The van der Waals surface area contributed by atoms with Crippen molar-refractivity contribution in [3.8, 4) is 0 Å². The second kappa shape index (κ2) is 11.7. The number of hydrogen-bond acceptors (Lipinski definition) is 8. The molecule has 0 radical (unpaired) electrons. The highest BCUT2D eigenvalue weighted by Gasteiger charge is 2.47. The van der Waals surface area contributed by atoms with Gasteiger partial charge in [-0.05, 0) is 71.4 Å². The standard InChI is InChI=1S/C20H22N4O5.C6H7BrN2/c1-11(26)19-15-8-13(21-20(28)29-2)4-6-16(15)23(22-19)9-18(27)24-14-5-3-12(7-14)17(24)10-25;1-8-6-4-2-3-5(7)9-6/h4,6,8,10,12,14,17H,3,5,7,9H2,1-2H3,(H,21,28);2-4H,1H3,(H,8,9). The number of pyridine rings is 1. The van der Waals surface area contributed by atoms with Crippen molar-refractivity contribution in [2.75, 3.05) is 24.8 Å². The normalized spacial score (nSPS) is 19.5. The molecular formula is C26H29BrN6O5. The molecule has 2 N–H and O–H groups in total. The largest absolute Gasteiger partial charge is 0.453 e. The fourth-order valence-corrected chi connectivity index (χ4v) is 5.48. The van der Waals surface area contributed by atoms with Gasteiger partial charge in [-0.1, -0.05) is 6.07 Å². The molecular weight excluding hydrogens is 556 g/mol. The summed E-state index contributed by atoms with van der Waals surface area (Å²) in [5, 5.41) is 10.4. The number of carbonyl (C=O) groups is 4. The number of fused-ring (bicyclic) bond motifs is 3. The summed E-state index contributed by atoms with van der Waals surface area (Å²) in [7, 11) is 3.10. The van der Waals surface area contributed by atoms with E-state index >= 15 is 0 Å². The highest BCUT2D eigenvalue weighted by atomic mass is 79.9. The molecule has 2 fully saturated rings. The molecule has 2 bridgehead atoms. The van der Waals surface area contributed by atoms with Gasteiger partial charge in [0.15, 0.2) is 5.78 Å². The summed E-state index contributed by atoms with van der Waals surface area (Å²) in [5.41, 5.74) is 1.28. The first-order valence-electron chi connectivity index (χ1n) is 12.2. The van der Waals surface area contributed by atoms with Crippen LogP contribution in [0.1, 0.15) is 36.7 Å². The van der Waals surface area contributed by atoms with Crippen molar-refractivity contribution in [1.29, 1.82) is 0 Å². The van der Waals surface area contributed by atoms with E-state index in [-0.39, 0.29) is 41.9 Å². The Kier molecular flexibility index (Phi) is 8.40. The number of nitrogens with one attached hydrogen (secondary N) is 2. The SMILES string of the molecule is CNc1cccc(Br)n1.COC(=O)Nc1ccc2c(c1)c(C(C)=O)nn2CC(=O)N1C2CCC(C2)C1C=O. The quantitative estimate of drug-likeness (QED) is 0.253. The molecule has 1 saturated carbocycles. The smallest absolute Gasteiger partial charge is 0.411 e. The van der Waals surface area contributed by atoms with Crippen LogP contribution in [0.2, 0.25) is 0 Å². The first kappa shape index (κ1) is 27.2. The lowest BCUT2D eigenvalue weighted by Crippen LogP contribution is -2.47. The highest BCUT2D eigenvalue weighted by molar-refractivity contribution is 9.10. The summed E-state index contributed by atoms with van der Waals surface area (Å²) in [4.78, 5) is 53.8. The first-order valence-corrected chi connectivity index (χ1v) is 13.0. The Morgan fingerprint density at radius 3 is 2.63 bits per heavy atom. The van der Waals surface area contributed by atoms with Crippen molar-refractivity contribution >= 4 is 62.4 Å². The number of aldehydes is 1. The van der Waals surface area contributed by atoms with Crippen LogP contribution < -0.4 is 10.6 Å². The molecule has 3 heterocycles. The number of likely N-dealkylation sites (tertiary alicyclic amines) is 1. The summed E-state index contributed by atoms with van der Waals surface area (Å²) >= 11 is 3.25. The van der Waals surface area contributed by atoms with Crippen LogP contribution in [-0.2, 0) is 20.9 Å². The van der Waals surface area contributed by atoms with Crippen LogP contribution in [0.5, 0.6) is 0 Å². The Bertz CT molecular complexity index is 1380. The Morgan fingerprint density at radius 2 is 2.00 bits per heavy atom. The van der Waals surface area contributed by atoms with E-state index in [0.717, 1.165) is 36.0 Å². The van der Waals surface area contributed by atoms with Crippen molar-refractivity contribution < 1.29 is 23.9 Å². The van der Waals surface area contributed by atoms with Crippen molar-refractivity contribution in [1.82, 2.24) is 19.7 Å². The van der Waals surface area contributed by atoms with Crippen LogP contribution in [0.15, 0.2) is 41.0 Å². The average Bonchev–Trinajstić information content (AvgIpc) is 3.62. The van der Waals surface area contributed by atoms with Gasteiger partial charge in [0.05, 0.1) is 18.7 Å². The van der Waals surface area contributed by atoms with E-state index in [9.17, 15) is 19.2 Å². The van der Waals surface area contributed by atoms with Crippen molar-refractivity contribution in [3.05, 3.63) is 46.7 Å². The van der Waals surface area contributed by atoms with E-state index in [1.54, 1.807) is 23.1 Å².